The van der Waals surface area contributed by atoms with Crippen LogP contribution in [0.4, 0.5) is 0 Å². The number of carbonyl (C=O) groups excluding carboxylic acids is 1. The fourth-order valence-electron chi connectivity index (χ4n) is 1.98. The Labute approximate surface area is 119 Å². The molecule has 19 heavy (non-hydrogen) atoms. The van der Waals surface area contributed by atoms with Crippen LogP contribution >= 0.6 is 11.6 Å². The van der Waals surface area contributed by atoms with E-state index in [1.807, 2.05) is 18.2 Å². The fourth-order valence-corrected chi connectivity index (χ4v) is 2.21. The van der Waals surface area contributed by atoms with Gasteiger partial charge in [-0.25, -0.2) is 0 Å². The van der Waals surface area contributed by atoms with Crippen molar-refractivity contribution in [3.63, 3.8) is 0 Å². The first-order chi connectivity index (χ1) is 9.15. The van der Waals surface area contributed by atoms with Gasteiger partial charge in [-0.15, -0.1) is 0 Å². The summed E-state index contributed by atoms with van der Waals surface area (Å²) in [7, 11) is 0. The van der Waals surface area contributed by atoms with Gasteiger partial charge in [-0.3, -0.25) is 4.79 Å². The number of amides is 1. The smallest absolute Gasteiger partial charge is 0.220 e. The van der Waals surface area contributed by atoms with Crippen LogP contribution in [-0.4, -0.2) is 18.5 Å². The van der Waals surface area contributed by atoms with Crippen LogP contribution in [-0.2, 0) is 11.3 Å². The maximum Gasteiger partial charge on any atom is 0.220 e. The Kier molecular flexibility index (Phi) is 5.23. The Morgan fingerprint density at radius 1 is 1.42 bits per heavy atom. The summed E-state index contributed by atoms with van der Waals surface area (Å²) >= 11 is 5.92. The van der Waals surface area contributed by atoms with E-state index in [0.29, 0.717) is 12.5 Å². The zero-order valence-electron chi connectivity index (χ0n) is 11.3. The SMILES string of the molecule is Cc1cc(Cl)ccc1CNCCCC(=O)NC1CC1. The molecule has 0 bridgehead atoms. The minimum Gasteiger partial charge on any atom is -0.353 e. The lowest BCUT2D eigenvalue weighted by atomic mass is 10.1. The van der Waals surface area contributed by atoms with E-state index < -0.39 is 0 Å². The van der Waals surface area contributed by atoms with Gasteiger partial charge in [0.25, 0.3) is 0 Å². The monoisotopic (exact) mass is 280 g/mol. The predicted octanol–water partition coefficient (Wildman–Crippen LogP) is 2.80. The van der Waals surface area contributed by atoms with Crippen molar-refractivity contribution >= 4 is 17.5 Å². The number of carbonyl (C=O) groups is 1. The molecule has 1 fully saturated rings. The number of rotatable bonds is 7. The van der Waals surface area contributed by atoms with Crippen LogP contribution in [0.5, 0.6) is 0 Å². The molecule has 2 rings (SSSR count). The van der Waals surface area contributed by atoms with Crippen molar-refractivity contribution in [1.29, 1.82) is 0 Å². The van der Waals surface area contributed by atoms with Crippen LogP contribution in [0.2, 0.25) is 5.02 Å². The molecule has 104 valence electrons. The fraction of sp³-hybridized carbons (Fsp3) is 0.533. The summed E-state index contributed by atoms with van der Waals surface area (Å²) in [6.07, 6.45) is 3.80. The maximum absolute atomic E-state index is 11.5. The molecule has 0 saturated heterocycles. The summed E-state index contributed by atoms with van der Waals surface area (Å²) in [4.78, 5) is 11.5. The Bertz CT molecular complexity index is 444. The van der Waals surface area contributed by atoms with Crippen LogP contribution in [0.1, 0.15) is 36.8 Å². The van der Waals surface area contributed by atoms with Gasteiger partial charge in [0.15, 0.2) is 0 Å². The van der Waals surface area contributed by atoms with Gasteiger partial charge in [-0.1, -0.05) is 17.7 Å². The first-order valence-electron chi connectivity index (χ1n) is 6.90. The van der Waals surface area contributed by atoms with E-state index in [4.69, 9.17) is 11.6 Å². The minimum atomic E-state index is 0.187. The molecule has 0 spiro atoms. The van der Waals surface area contributed by atoms with E-state index in [0.717, 1.165) is 37.4 Å². The average molecular weight is 281 g/mol. The van der Waals surface area contributed by atoms with E-state index >= 15 is 0 Å². The highest BCUT2D eigenvalue weighted by Gasteiger charge is 2.22. The van der Waals surface area contributed by atoms with Gasteiger partial charge in [0.05, 0.1) is 0 Å². The standard InChI is InChI=1S/C15H21ClN2O/c1-11-9-13(16)5-4-12(11)10-17-8-2-3-15(19)18-14-6-7-14/h4-5,9,14,17H,2-3,6-8,10H2,1H3,(H,18,19). The highest BCUT2D eigenvalue weighted by Crippen LogP contribution is 2.18. The highest BCUT2D eigenvalue weighted by atomic mass is 35.5. The molecule has 0 heterocycles. The maximum atomic E-state index is 11.5. The summed E-state index contributed by atoms with van der Waals surface area (Å²) in [5, 5.41) is 7.14. The third-order valence-corrected chi connectivity index (χ3v) is 3.56. The second-order valence-electron chi connectivity index (χ2n) is 5.19. The third kappa shape index (κ3) is 5.21. The van der Waals surface area contributed by atoms with Crippen molar-refractivity contribution in [2.75, 3.05) is 6.54 Å². The number of benzene rings is 1. The molecule has 1 aliphatic rings. The van der Waals surface area contributed by atoms with Crippen molar-refractivity contribution in [1.82, 2.24) is 10.6 Å². The molecular weight excluding hydrogens is 260 g/mol. The lowest BCUT2D eigenvalue weighted by Crippen LogP contribution is -2.26. The molecule has 1 aromatic carbocycles. The van der Waals surface area contributed by atoms with Crippen LogP contribution in [0.3, 0.4) is 0 Å². The summed E-state index contributed by atoms with van der Waals surface area (Å²) in [5.41, 5.74) is 2.46. The van der Waals surface area contributed by atoms with Gasteiger partial charge in [-0.05, 0) is 56.0 Å². The number of aryl methyl sites for hydroxylation is 1. The molecule has 3 nitrogen and oxygen atoms in total. The summed E-state index contributed by atoms with van der Waals surface area (Å²) in [5.74, 6) is 0.187. The molecule has 1 saturated carbocycles. The van der Waals surface area contributed by atoms with Gasteiger partial charge in [0, 0.05) is 24.0 Å². The Hall–Kier alpha value is -1.06. The van der Waals surface area contributed by atoms with Crippen molar-refractivity contribution in [3.8, 4) is 0 Å². The quantitative estimate of drug-likeness (QED) is 0.754. The van der Waals surface area contributed by atoms with Crippen molar-refractivity contribution < 1.29 is 4.79 Å². The van der Waals surface area contributed by atoms with Gasteiger partial charge < -0.3 is 10.6 Å². The molecule has 0 atom stereocenters. The number of hydrogen-bond donors (Lipinski definition) is 2. The molecule has 0 radical (unpaired) electrons. The molecule has 0 aliphatic heterocycles. The van der Waals surface area contributed by atoms with E-state index in [-0.39, 0.29) is 5.91 Å². The lowest BCUT2D eigenvalue weighted by molar-refractivity contribution is -0.121. The van der Waals surface area contributed by atoms with Crippen molar-refractivity contribution in [2.24, 2.45) is 0 Å². The van der Waals surface area contributed by atoms with E-state index in [1.165, 1.54) is 11.1 Å². The molecule has 1 aromatic rings. The first-order valence-corrected chi connectivity index (χ1v) is 7.28. The second-order valence-corrected chi connectivity index (χ2v) is 5.63. The normalized spacial score (nSPS) is 14.4. The van der Waals surface area contributed by atoms with E-state index in [9.17, 15) is 4.79 Å². The summed E-state index contributed by atoms with van der Waals surface area (Å²) in [6, 6.07) is 6.40. The average Bonchev–Trinajstić information content (AvgIpc) is 3.15. The van der Waals surface area contributed by atoms with Gasteiger partial charge in [-0.2, -0.15) is 0 Å². The highest BCUT2D eigenvalue weighted by molar-refractivity contribution is 6.30. The van der Waals surface area contributed by atoms with Crippen LogP contribution in [0.15, 0.2) is 18.2 Å². The topological polar surface area (TPSA) is 41.1 Å². The predicted molar refractivity (Wildman–Crippen MR) is 78.3 cm³/mol. The van der Waals surface area contributed by atoms with E-state index in [2.05, 4.69) is 17.6 Å². The van der Waals surface area contributed by atoms with Crippen LogP contribution in [0.25, 0.3) is 0 Å². The molecule has 1 amide bonds. The largest absolute Gasteiger partial charge is 0.353 e. The Morgan fingerprint density at radius 3 is 2.89 bits per heavy atom. The zero-order chi connectivity index (χ0) is 13.7. The van der Waals surface area contributed by atoms with Gasteiger partial charge in [0.1, 0.15) is 0 Å². The Balaban J connectivity index is 1.59. The molecule has 4 heteroatoms. The third-order valence-electron chi connectivity index (χ3n) is 3.32. The molecule has 0 unspecified atom stereocenters. The second kappa shape index (κ2) is 6.92. The molecule has 0 aromatic heterocycles. The Morgan fingerprint density at radius 2 is 2.21 bits per heavy atom. The molecule has 1 aliphatic carbocycles. The van der Waals surface area contributed by atoms with Crippen LogP contribution < -0.4 is 10.6 Å². The van der Waals surface area contributed by atoms with Crippen molar-refractivity contribution in [2.45, 2.75) is 45.2 Å². The van der Waals surface area contributed by atoms with Gasteiger partial charge >= 0.3 is 0 Å². The number of nitrogens with one attached hydrogen (secondary N) is 2. The van der Waals surface area contributed by atoms with Gasteiger partial charge in [0.2, 0.25) is 5.91 Å². The van der Waals surface area contributed by atoms with Crippen molar-refractivity contribution in [3.05, 3.63) is 34.3 Å². The number of hydrogen-bond acceptors (Lipinski definition) is 2. The first kappa shape index (κ1) is 14.4. The minimum absolute atomic E-state index is 0.187. The van der Waals surface area contributed by atoms with Crippen LogP contribution in [0, 0.1) is 6.92 Å². The summed E-state index contributed by atoms with van der Waals surface area (Å²) in [6.45, 7) is 3.75. The van der Waals surface area contributed by atoms with E-state index in [1.54, 1.807) is 0 Å². The molecular formula is C15H21ClN2O. The lowest BCUT2D eigenvalue weighted by Gasteiger charge is -2.08. The number of halogens is 1. The zero-order valence-corrected chi connectivity index (χ0v) is 12.1. The molecule has 2 N–H and O–H groups in total. The summed E-state index contributed by atoms with van der Waals surface area (Å²) < 4.78 is 0.